The van der Waals surface area contributed by atoms with Crippen molar-refractivity contribution in [1.82, 2.24) is 0 Å². The van der Waals surface area contributed by atoms with E-state index in [4.69, 9.17) is 25.0 Å². The molecule has 0 aliphatic heterocycles. The number of nitrogen functional groups attached to an aromatic ring is 1. The smallest absolute Gasteiger partial charge is 0.395 e. The Labute approximate surface area is 354 Å². The van der Waals surface area contributed by atoms with Crippen LogP contribution in [0.25, 0.3) is 0 Å². The summed E-state index contributed by atoms with van der Waals surface area (Å²) in [6.07, 6.45) is 0. The van der Waals surface area contributed by atoms with Crippen molar-refractivity contribution >= 4 is 110 Å². The van der Waals surface area contributed by atoms with Crippen molar-refractivity contribution < 1.29 is 80.4 Å². The van der Waals surface area contributed by atoms with Crippen LogP contribution in [0.4, 0.5) is 45.5 Å². The molecule has 4 aromatic carbocycles. The molecule has 0 spiro atoms. The van der Waals surface area contributed by atoms with Crippen LogP contribution in [0.1, 0.15) is 0 Å². The van der Waals surface area contributed by atoms with Crippen LogP contribution < -0.4 is 11.1 Å². The third-order valence-corrected chi connectivity index (χ3v) is 12.9. The van der Waals surface area contributed by atoms with Gasteiger partial charge in [0.15, 0.2) is 32.0 Å². The number of sulfone groups is 2. The van der Waals surface area contributed by atoms with E-state index in [0.717, 1.165) is 24.3 Å². The summed E-state index contributed by atoms with van der Waals surface area (Å²) in [7, 11) is -16.2. The quantitative estimate of drug-likeness (QED) is 0.00866. The number of hydrogen-bond donors (Lipinski definition) is 6. The molecule has 61 heavy (non-hydrogen) atoms. The van der Waals surface area contributed by atoms with Gasteiger partial charge in [0, 0.05) is 11.9 Å². The third kappa shape index (κ3) is 14.8. The molecule has 0 unspecified atom stereocenters. The van der Waals surface area contributed by atoms with Crippen molar-refractivity contribution in [3.05, 3.63) is 72.8 Å². The first-order valence-electron chi connectivity index (χ1n) is 16.0. The SMILES string of the molecule is CNc1c(/N=N/c2ccc(S(=O)(=O)CCOSOOO)cc2)cc(/N=N/c2cc(SOOO)ccc2S(=O)(=O)O)c(N)c1/N=N/c1ccc(S(=O)(=O)CCOS(=O)(=O)O)cc1. The Kier molecular flexibility index (Phi) is 17.6. The molecule has 0 aromatic heterocycles. The minimum atomic E-state index is -4.87. The minimum absolute atomic E-state index is 0.0265. The Morgan fingerprint density at radius 3 is 1.74 bits per heavy atom. The molecule has 0 saturated heterocycles. The summed E-state index contributed by atoms with van der Waals surface area (Å²) in [4.78, 5) is -0.884. The van der Waals surface area contributed by atoms with Crippen molar-refractivity contribution in [1.29, 1.82) is 0 Å². The lowest BCUT2D eigenvalue weighted by Gasteiger charge is -2.12. The lowest BCUT2D eigenvalue weighted by molar-refractivity contribution is -0.434. The van der Waals surface area contributed by atoms with E-state index < -0.39 is 68.9 Å². The molecule has 0 radical (unpaired) electrons. The van der Waals surface area contributed by atoms with Crippen LogP contribution in [0.2, 0.25) is 0 Å². The van der Waals surface area contributed by atoms with Gasteiger partial charge in [0.25, 0.3) is 10.1 Å². The monoisotopic (exact) mass is 970 g/mol. The summed E-state index contributed by atoms with van der Waals surface area (Å²) in [5.74, 6) is -1.25. The van der Waals surface area contributed by atoms with Gasteiger partial charge in [0.2, 0.25) is 0 Å². The van der Waals surface area contributed by atoms with Gasteiger partial charge in [-0.3, -0.25) is 13.3 Å². The summed E-state index contributed by atoms with van der Waals surface area (Å²) in [6.45, 7) is -1.17. The van der Waals surface area contributed by atoms with Gasteiger partial charge in [0.05, 0.1) is 69.3 Å². The lowest BCUT2D eigenvalue weighted by atomic mass is 10.1. The van der Waals surface area contributed by atoms with Crippen LogP contribution in [-0.2, 0) is 67.3 Å². The van der Waals surface area contributed by atoms with Gasteiger partial charge < -0.3 is 11.1 Å². The summed E-state index contributed by atoms with van der Waals surface area (Å²) >= 11 is 0.664. The number of rotatable bonds is 23. The minimum Gasteiger partial charge on any atom is -0.395 e. The standard InChI is InChI=1S/C29H30N8O18S6/c1-31-28-25(36-32-18-2-7-21(8-3-18)58(40,41)14-12-50-57-55-53-39)17-24(35-34-23-16-20(56-54-52-38)6-11-26(23)60(44,45)46)27(30)29(28)37-33-19-4-9-22(10-5-19)59(42,43)15-13-51-61(47,48)49/h2-11,16-17,31,38-39H,12-15,30H2,1H3,(H,44,45,46)(H,47,48,49)/b35-34+,36-32+,37-33+. The predicted molar refractivity (Wildman–Crippen MR) is 213 cm³/mol. The molecular weight excluding hydrogens is 941 g/mol. The Morgan fingerprint density at radius 1 is 0.656 bits per heavy atom. The van der Waals surface area contributed by atoms with E-state index in [1.165, 1.54) is 55.6 Å². The number of azo groups is 3. The maximum absolute atomic E-state index is 12.7. The highest BCUT2D eigenvalue weighted by atomic mass is 32.3. The molecule has 0 aliphatic carbocycles. The van der Waals surface area contributed by atoms with Crippen molar-refractivity contribution in [2.75, 3.05) is 42.8 Å². The van der Waals surface area contributed by atoms with Crippen LogP contribution in [0.3, 0.4) is 0 Å². The van der Waals surface area contributed by atoms with Gasteiger partial charge in [0.1, 0.15) is 27.6 Å². The average molecular weight is 971 g/mol. The molecule has 32 heteroatoms. The zero-order valence-electron chi connectivity index (χ0n) is 30.5. The molecule has 0 aliphatic rings. The number of benzene rings is 4. The Bertz CT molecular complexity index is 2710. The maximum Gasteiger partial charge on any atom is 0.397 e. The van der Waals surface area contributed by atoms with Gasteiger partial charge in [-0.1, -0.05) is 10.1 Å². The van der Waals surface area contributed by atoms with Crippen LogP contribution in [0.15, 0.2) is 123 Å². The normalized spacial score (nSPS) is 12.9. The van der Waals surface area contributed by atoms with Gasteiger partial charge in [-0.15, -0.1) is 29.1 Å². The summed E-state index contributed by atoms with van der Waals surface area (Å²) in [5.41, 5.74) is 5.76. The van der Waals surface area contributed by atoms with Gasteiger partial charge in [-0.2, -0.15) is 27.1 Å². The number of nitrogens with two attached hydrogens (primary N) is 1. The van der Waals surface area contributed by atoms with Gasteiger partial charge in [-0.05, 0) is 72.8 Å². The molecule has 7 N–H and O–H groups in total. The lowest BCUT2D eigenvalue weighted by Crippen LogP contribution is -2.15. The van der Waals surface area contributed by atoms with Crippen molar-refractivity contribution in [2.24, 2.45) is 30.7 Å². The Morgan fingerprint density at radius 2 is 1.20 bits per heavy atom. The number of nitrogens with one attached hydrogen (secondary N) is 1. The van der Waals surface area contributed by atoms with E-state index >= 15 is 0 Å². The van der Waals surface area contributed by atoms with Crippen LogP contribution in [0.5, 0.6) is 0 Å². The number of nitrogens with zero attached hydrogens (tertiary/aromatic N) is 6. The van der Waals surface area contributed by atoms with Gasteiger partial charge in [-0.25, -0.2) is 31.5 Å². The molecule has 0 heterocycles. The van der Waals surface area contributed by atoms with Crippen molar-refractivity contribution in [3.63, 3.8) is 0 Å². The number of hydrogen-bond acceptors (Lipinski definition) is 26. The molecule has 26 nitrogen and oxygen atoms in total. The van der Waals surface area contributed by atoms with E-state index in [9.17, 15) is 38.2 Å². The fourth-order valence-electron chi connectivity index (χ4n) is 4.53. The molecule has 0 bridgehead atoms. The summed E-state index contributed by atoms with van der Waals surface area (Å²) in [6, 6.07) is 14.5. The Hall–Kier alpha value is -4.62. The van der Waals surface area contributed by atoms with Crippen LogP contribution in [-0.4, -0.2) is 85.1 Å². The highest BCUT2D eigenvalue weighted by Crippen LogP contribution is 2.47. The molecule has 330 valence electrons. The van der Waals surface area contributed by atoms with Crippen molar-refractivity contribution in [2.45, 2.75) is 19.6 Å². The predicted octanol–water partition coefficient (Wildman–Crippen LogP) is 6.60. The largest absolute Gasteiger partial charge is 0.397 e. The first kappa shape index (κ1) is 49.0. The fraction of sp³-hybridized carbons (Fsp3) is 0.172. The molecular formula is C29H30N8O18S6. The average Bonchev–Trinajstić information content (AvgIpc) is 3.20. The zero-order chi connectivity index (χ0) is 44.8. The second-order valence-electron chi connectivity index (χ2n) is 11.1. The zero-order valence-corrected chi connectivity index (χ0v) is 35.4. The highest BCUT2D eigenvalue weighted by Gasteiger charge is 2.21. The highest BCUT2D eigenvalue weighted by molar-refractivity contribution is 7.94. The van der Waals surface area contributed by atoms with Gasteiger partial charge >= 0.3 is 10.4 Å². The first-order chi connectivity index (χ1) is 28.8. The molecule has 4 aromatic rings. The maximum atomic E-state index is 12.7. The van der Waals surface area contributed by atoms with Crippen molar-refractivity contribution in [3.8, 4) is 0 Å². The van der Waals surface area contributed by atoms with E-state index in [-0.39, 0.29) is 73.4 Å². The van der Waals surface area contributed by atoms with E-state index in [2.05, 4.69) is 58.9 Å². The van der Waals surface area contributed by atoms with Crippen LogP contribution in [0, 0.1) is 0 Å². The summed E-state index contributed by atoms with van der Waals surface area (Å²) in [5, 5.41) is 51.1. The molecule has 4 rings (SSSR count). The number of anilines is 2. The van der Waals surface area contributed by atoms with E-state index in [1.54, 1.807) is 0 Å². The molecule has 0 saturated carbocycles. The van der Waals surface area contributed by atoms with E-state index in [1.807, 2.05) is 0 Å². The fourth-order valence-corrected chi connectivity index (χ4v) is 8.43. The van der Waals surface area contributed by atoms with Crippen LogP contribution >= 0.6 is 24.4 Å². The van der Waals surface area contributed by atoms with E-state index in [0.29, 0.717) is 12.0 Å². The Balaban J connectivity index is 1.75. The second kappa shape index (κ2) is 21.9. The second-order valence-corrected chi connectivity index (χ2v) is 19.1. The summed E-state index contributed by atoms with van der Waals surface area (Å²) < 4.78 is 132. The molecule has 0 fully saturated rings. The third-order valence-electron chi connectivity index (χ3n) is 7.24. The topological polar surface area (TPSA) is 385 Å². The molecule has 0 amide bonds. The molecule has 0 atom stereocenters. The first-order valence-corrected chi connectivity index (χ1v) is 23.5.